The fraction of sp³-hybridized carbons (Fsp3) is 0.385. The zero-order chi connectivity index (χ0) is 15.5. The summed E-state index contributed by atoms with van der Waals surface area (Å²) in [7, 11) is 0. The number of aryl methyl sites for hydroxylation is 1. The zero-order valence-corrected chi connectivity index (χ0v) is 12.4. The van der Waals surface area contributed by atoms with Crippen LogP contribution in [-0.2, 0) is 16.0 Å². The number of carboxylic acid groups (broad SMARTS) is 1. The number of amides is 1. The van der Waals surface area contributed by atoms with Crippen LogP contribution in [0, 0.1) is 0 Å². The van der Waals surface area contributed by atoms with Gasteiger partial charge in [-0.05, 0) is 25.3 Å². The largest absolute Gasteiger partial charge is 0.480 e. The summed E-state index contributed by atoms with van der Waals surface area (Å²) in [4.78, 5) is 27.7. The molecule has 2 aromatic rings. The summed E-state index contributed by atoms with van der Waals surface area (Å²) in [5.74, 6) is -0.625. The zero-order valence-electron chi connectivity index (χ0n) is 11.6. The van der Waals surface area contributed by atoms with E-state index in [0.29, 0.717) is 11.7 Å². The fourth-order valence-corrected chi connectivity index (χ4v) is 2.20. The number of nitrogens with zero attached hydrogens (tertiary/aromatic N) is 2. The Labute approximate surface area is 125 Å². The van der Waals surface area contributed by atoms with Gasteiger partial charge in [0, 0.05) is 12.8 Å². The number of hydrogen-bond acceptors (Lipinski definition) is 6. The number of aliphatic carboxylic acids is 1. The summed E-state index contributed by atoms with van der Waals surface area (Å²) in [5, 5.41) is 17.1. The van der Waals surface area contributed by atoms with E-state index in [2.05, 4.69) is 15.5 Å². The number of carbonyl (C=O) groups excluding carboxylic acids is 1. The van der Waals surface area contributed by atoms with E-state index in [4.69, 9.17) is 9.63 Å². The summed E-state index contributed by atoms with van der Waals surface area (Å²) in [6, 6.07) is 3.76. The normalized spacial score (nSPS) is 11.3. The number of aromatic nitrogens is 2. The number of rotatable bonds is 6. The molecule has 2 aromatic heterocycles. The highest BCUT2D eigenvalue weighted by Gasteiger charge is 2.28. The van der Waals surface area contributed by atoms with E-state index in [1.807, 2.05) is 17.5 Å². The molecule has 0 aromatic carbocycles. The topological polar surface area (TPSA) is 105 Å². The molecule has 2 heterocycles. The van der Waals surface area contributed by atoms with Gasteiger partial charge in [0.2, 0.25) is 17.6 Å². The molecule has 112 valence electrons. The Morgan fingerprint density at radius 1 is 1.48 bits per heavy atom. The maximum absolute atomic E-state index is 11.7. The third-order valence-electron chi connectivity index (χ3n) is 2.76. The second kappa shape index (κ2) is 6.04. The van der Waals surface area contributed by atoms with Crippen molar-refractivity contribution in [2.45, 2.75) is 32.2 Å². The van der Waals surface area contributed by atoms with Crippen molar-refractivity contribution in [2.75, 3.05) is 0 Å². The van der Waals surface area contributed by atoms with Crippen LogP contribution in [0.15, 0.2) is 22.0 Å². The van der Waals surface area contributed by atoms with Crippen LogP contribution in [0.3, 0.4) is 0 Å². The highest BCUT2D eigenvalue weighted by atomic mass is 32.1. The molecule has 0 fully saturated rings. The van der Waals surface area contributed by atoms with Crippen molar-refractivity contribution in [3.8, 4) is 10.7 Å². The Hall–Kier alpha value is -2.22. The first kappa shape index (κ1) is 15.2. The van der Waals surface area contributed by atoms with Gasteiger partial charge in [0.25, 0.3) is 0 Å². The molecule has 0 unspecified atom stereocenters. The Kier molecular flexibility index (Phi) is 4.37. The Balaban J connectivity index is 1.89. The number of nitrogens with one attached hydrogen (secondary N) is 1. The Morgan fingerprint density at radius 3 is 2.86 bits per heavy atom. The summed E-state index contributed by atoms with van der Waals surface area (Å²) < 4.78 is 5.07. The van der Waals surface area contributed by atoms with Crippen LogP contribution >= 0.6 is 11.3 Å². The number of hydrogen-bond donors (Lipinski definition) is 2. The van der Waals surface area contributed by atoms with E-state index in [1.165, 1.54) is 25.2 Å². The SMILES string of the molecule is CC(C)(NC(=O)CCc1nc(-c2cccs2)no1)C(=O)O. The Bertz CT molecular complexity index is 634. The van der Waals surface area contributed by atoms with Gasteiger partial charge >= 0.3 is 5.97 Å². The molecule has 1 amide bonds. The smallest absolute Gasteiger partial charge is 0.328 e. The minimum absolute atomic E-state index is 0.0861. The lowest BCUT2D eigenvalue weighted by atomic mass is 10.1. The monoisotopic (exact) mass is 309 g/mol. The highest BCUT2D eigenvalue weighted by Crippen LogP contribution is 2.21. The molecular weight excluding hydrogens is 294 g/mol. The minimum Gasteiger partial charge on any atom is -0.480 e. The van der Waals surface area contributed by atoms with Gasteiger partial charge in [0.15, 0.2) is 0 Å². The van der Waals surface area contributed by atoms with Crippen LogP contribution in [0.5, 0.6) is 0 Å². The first-order valence-electron chi connectivity index (χ1n) is 6.29. The molecule has 21 heavy (non-hydrogen) atoms. The lowest BCUT2D eigenvalue weighted by molar-refractivity contribution is -0.146. The van der Waals surface area contributed by atoms with Gasteiger partial charge in [-0.3, -0.25) is 4.79 Å². The van der Waals surface area contributed by atoms with Gasteiger partial charge in [-0.25, -0.2) is 4.79 Å². The number of thiophene rings is 1. The van der Waals surface area contributed by atoms with Crippen molar-refractivity contribution in [2.24, 2.45) is 0 Å². The van der Waals surface area contributed by atoms with E-state index in [-0.39, 0.29) is 18.7 Å². The Morgan fingerprint density at radius 2 is 2.24 bits per heavy atom. The van der Waals surface area contributed by atoms with Crippen molar-refractivity contribution >= 4 is 23.2 Å². The molecule has 0 atom stereocenters. The average Bonchev–Trinajstić information content (AvgIpc) is 3.06. The summed E-state index contributed by atoms with van der Waals surface area (Å²) in [5.41, 5.74) is -1.30. The van der Waals surface area contributed by atoms with Gasteiger partial charge in [-0.1, -0.05) is 11.2 Å². The van der Waals surface area contributed by atoms with Crippen molar-refractivity contribution in [1.82, 2.24) is 15.5 Å². The minimum atomic E-state index is -1.30. The molecule has 2 N–H and O–H groups in total. The third-order valence-corrected chi connectivity index (χ3v) is 3.63. The second-order valence-corrected chi connectivity index (χ2v) is 5.92. The van der Waals surface area contributed by atoms with Crippen LogP contribution in [0.2, 0.25) is 0 Å². The molecule has 0 radical (unpaired) electrons. The van der Waals surface area contributed by atoms with Crippen LogP contribution in [0.1, 0.15) is 26.2 Å². The maximum Gasteiger partial charge on any atom is 0.328 e. The first-order chi connectivity index (χ1) is 9.88. The van der Waals surface area contributed by atoms with Gasteiger partial charge in [-0.2, -0.15) is 4.98 Å². The van der Waals surface area contributed by atoms with Crippen LogP contribution in [0.4, 0.5) is 0 Å². The van der Waals surface area contributed by atoms with Crippen molar-refractivity contribution < 1.29 is 19.2 Å². The van der Waals surface area contributed by atoms with E-state index in [9.17, 15) is 9.59 Å². The van der Waals surface area contributed by atoms with Crippen molar-refractivity contribution in [3.05, 3.63) is 23.4 Å². The molecule has 0 saturated carbocycles. The molecule has 0 bridgehead atoms. The van der Waals surface area contributed by atoms with Gasteiger partial charge < -0.3 is 14.9 Å². The van der Waals surface area contributed by atoms with E-state index >= 15 is 0 Å². The molecular formula is C13H15N3O4S. The lowest BCUT2D eigenvalue weighted by Crippen LogP contribution is -2.49. The first-order valence-corrected chi connectivity index (χ1v) is 7.17. The summed E-state index contributed by atoms with van der Waals surface area (Å²) in [6.45, 7) is 2.85. The van der Waals surface area contributed by atoms with Crippen LogP contribution < -0.4 is 5.32 Å². The molecule has 2 rings (SSSR count). The molecule has 7 nitrogen and oxygen atoms in total. The van der Waals surface area contributed by atoms with Crippen molar-refractivity contribution in [3.63, 3.8) is 0 Å². The summed E-state index contributed by atoms with van der Waals surface area (Å²) in [6.07, 6.45) is 0.350. The average molecular weight is 309 g/mol. The molecule has 0 spiro atoms. The number of carboxylic acids is 1. The predicted octanol–water partition coefficient (Wildman–Crippen LogP) is 1.71. The van der Waals surface area contributed by atoms with Crippen LogP contribution in [-0.4, -0.2) is 32.7 Å². The van der Waals surface area contributed by atoms with E-state index in [1.54, 1.807) is 0 Å². The molecule has 0 aliphatic carbocycles. The summed E-state index contributed by atoms with van der Waals surface area (Å²) >= 11 is 1.50. The van der Waals surface area contributed by atoms with Gasteiger partial charge in [0.05, 0.1) is 4.88 Å². The van der Waals surface area contributed by atoms with Crippen molar-refractivity contribution in [1.29, 1.82) is 0 Å². The molecule has 0 aliphatic heterocycles. The third kappa shape index (κ3) is 3.88. The highest BCUT2D eigenvalue weighted by molar-refractivity contribution is 7.13. The second-order valence-electron chi connectivity index (χ2n) is 4.97. The van der Waals surface area contributed by atoms with Crippen LogP contribution in [0.25, 0.3) is 10.7 Å². The van der Waals surface area contributed by atoms with E-state index in [0.717, 1.165) is 4.88 Å². The predicted molar refractivity (Wildman–Crippen MR) is 75.8 cm³/mol. The molecule has 0 saturated heterocycles. The lowest BCUT2D eigenvalue weighted by Gasteiger charge is -2.20. The van der Waals surface area contributed by atoms with Gasteiger partial charge in [-0.15, -0.1) is 11.3 Å². The quantitative estimate of drug-likeness (QED) is 0.841. The maximum atomic E-state index is 11.7. The van der Waals surface area contributed by atoms with Gasteiger partial charge in [0.1, 0.15) is 5.54 Å². The van der Waals surface area contributed by atoms with E-state index < -0.39 is 11.5 Å². The fourth-order valence-electron chi connectivity index (χ4n) is 1.55. The molecule has 0 aliphatic rings. The molecule has 8 heteroatoms. The standard InChI is InChI=1S/C13H15N3O4S/c1-13(2,12(18)19)15-9(17)5-6-10-14-11(16-20-10)8-4-3-7-21-8/h3-4,7H,5-6H2,1-2H3,(H,15,17)(H,18,19). The number of carbonyl (C=O) groups is 2.